The van der Waals surface area contributed by atoms with Crippen LogP contribution in [0.3, 0.4) is 0 Å². The Morgan fingerprint density at radius 1 is 1.29 bits per heavy atom. The number of nitrogens with one attached hydrogen (secondary N) is 1. The monoisotopic (exact) mass is 268 g/mol. The summed E-state index contributed by atoms with van der Waals surface area (Å²) < 4.78 is 0. The fourth-order valence-corrected chi connectivity index (χ4v) is 2.68. The smallest absolute Gasteiger partial charge is 0.0677 e. The predicted molar refractivity (Wildman–Crippen MR) is 71.6 cm³/mol. The Balaban J connectivity index is 2.19. The zero-order valence-electron chi connectivity index (χ0n) is 9.63. The van der Waals surface area contributed by atoms with Crippen LogP contribution >= 0.6 is 23.2 Å². The molecule has 1 fully saturated rings. The van der Waals surface area contributed by atoms with Crippen LogP contribution in [-0.2, 0) is 0 Å². The molecule has 0 heterocycles. The first-order valence-corrected chi connectivity index (χ1v) is 6.49. The molecule has 17 heavy (non-hydrogen) atoms. The molecule has 1 aliphatic carbocycles. The van der Waals surface area contributed by atoms with Crippen LogP contribution in [0.5, 0.6) is 0 Å². The zero-order valence-corrected chi connectivity index (χ0v) is 11.1. The Bertz CT molecular complexity index is 465. The van der Waals surface area contributed by atoms with Crippen molar-refractivity contribution in [2.24, 2.45) is 5.92 Å². The van der Waals surface area contributed by atoms with Crippen molar-refractivity contribution in [3.63, 3.8) is 0 Å². The third-order valence-electron chi connectivity index (χ3n) is 3.27. The molecule has 2 nitrogen and oxygen atoms in total. The summed E-state index contributed by atoms with van der Waals surface area (Å²) in [7, 11) is 0. The molecule has 4 heteroatoms. The largest absolute Gasteiger partial charge is 0.380 e. The van der Waals surface area contributed by atoms with Gasteiger partial charge in [-0.3, -0.25) is 0 Å². The molecular formula is C13H14Cl2N2. The average Bonchev–Trinajstić information content (AvgIpc) is 2.73. The molecule has 0 aromatic heterocycles. The lowest BCUT2D eigenvalue weighted by molar-refractivity contribution is 0.630. The fourth-order valence-electron chi connectivity index (χ4n) is 2.24. The van der Waals surface area contributed by atoms with Crippen molar-refractivity contribution in [3.8, 4) is 6.07 Å². The summed E-state index contributed by atoms with van der Waals surface area (Å²) in [5.41, 5.74) is 1.79. The van der Waals surface area contributed by atoms with Crippen LogP contribution in [0.1, 0.15) is 24.8 Å². The van der Waals surface area contributed by atoms with Crippen LogP contribution in [0.25, 0.3) is 0 Å². The van der Waals surface area contributed by atoms with Gasteiger partial charge in [0.25, 0.3) is 0 Å². The van der Waals surface area contributed by atoms with E-state index >= 15 is 0 Å². The highest BCUT2D eigenvalue weighted by Gasteiger charge is 2.27. The van der Waals surface area contributed by atoms with Gasteiger partial charge in [-0.15, -0.1) is 0 Å². The number of hydrogen-bond donors (Lipinski definition) is 1. The van der Waals surface area contributed by atoms with Crippen LogP contribution in [0.4, 0.5) is 5.69 Å². The lowest BCUT2D eigenvalue weighted by Crippen LogP contribution is -2.23. The molecule has 0 aliphatic heterocycles. The highest BCUT2D eigenvalue weighted by molar-refractivity contribution is 6.35. The quantitative estimate of drug-likeness (QED) is 0.863. The first-order chi connectivity index (χ1) is 8.11. The van der Waals surface area contributed by atoms with E-state index in [9.17, 15) is 0 Å². The second-order valence-corrected chi connectivity index (χ2v) is 5.31. The van der Waals surface area contributed by atoms with Gasteiger partial charge < -0.3 is 5.32 Å². The van der Waals surface area contributed by atoms with Crippen molar-refractivity contribution in [3.05, 3.63) is 27.7 Å². The number of benzene rings is 1. The summed E-state index contributed by atoms with van der Waals surface area (Å²) in [4.78, 5) is 0. The van der Waals surface area contributed by atoms with E-state index in [0.29, 0.717) is 10.0 Å². The van der Waals surface area contributed by atoms with E-state index in [-0.39, 0.29) is 12.0 Å². The molecule has 1 N–H and O–H groups in total. The third kappa shape index (κ3) is 2.68. The van der Waals surface area contributed by atoms with E-state index in [1.54, 1.807) is 0 Å². The predicted octanol–water partition coefficient (Wildman–Crippen LogP) is 4.41. The van der Waals surface area contributed by atoms with Crippen LogP contribution < -0.4 is 5.32 Å². The SMILES string of the molecule is Cc1cc(Cl)c(NC2CCCC2C#N)cc1Cl. The van der Waals surface area contributed by atoms with E-state index in [4.69, 9.17) is 28.5 Å². The van der Waals surface area contributed by atoms with E-state index in [1.165, 1.54) is 0 Å². The van der Waals surface area contributed by atoms with Crippen molar-refractivity contribution in [2.45, 2.75) is 32.2 Å². The lowest BCUT2D eigenvalue weighted by atomic mass is 10.1. The molecule has 1 aliphatic rings. The molecule has 1 aromatic carbocycles. The number of nitrogens with zero attached hydrogens (tertiary/aromatic N) is 1. The van der Waals surface area contributed by atoms with Gasteiger partial charge in [0.15, 0.2) is 0 Å². The van der Waals surface area contributed by atoms with Crippen molar-refractivity contribution >= 4 is 28.9 Å². The zero-order chi connectivity index (χ0) is 12.4. The molecule has 2 atom stereocenters. The highest BCUT2D eigenvalue weighted by Crippen LogP contribution is 2.33. The minimum Gasteiger partial charge on any atom is -0.380 e. The molecule has 0 saturated heterocycles. The molecule has 1 aromatic rings. The van der Waals surface area contributed by atoms with Gasteiger partial charge in [-0.25, -0.2) is 0 Å². The topological polar surface area (TPSA) is 35.8 Å². The Labute approximate surface area is 112 Å². The third-order valence-corrected chi connectivity index (χ3v) is 3.99. The maximum Gasteiger partial charge on any atom is 0.0677 e. The number of hydrogen-bond acceptors (Lipinski definition) is 2. The highest BCUT2D eigenvalue weighted by atomic mass is 35.5. The second kappa shape index (κ2) is 5.16. The van der Waals surface area contributed by atoms with Crippen molar-refractivity contribution in [1.29, 1.82) is 5.26 Å². The molecule has 1 saturated carbocycles. The van der Waals surface area contributed by atoms with Crippen LogP contribution in [0.15, 0.2) is 12.1 Å². The van der Waals surface area contributed by atoms with Gasteiger partial charge in [0.05, 0.1) is 22.7 Å². The van der Waals surface area contributed by atoms with Gasteiger partial charge in [-0.05, 0) is 43.9 Å². The van der Waals surface area contributed by atoms with Crippen LogP contribution in [0.2, 0.25) is 10.0 Å². The Morgan fingerprint density at radius 2 is 2.06 bits per heavy atom. The first kappa shape index (κ1) is 12.5. The Hall–Kier alpha value is -0.910. The number of rotatable bonds is 2. The van der Waals surface area contributed by atoms with E-state index < -0.39 is 0 Å². The molecule has 0 radical (unpaired) electrons. The van der Waals surface area contributed by atoms with Gasteiger partial charge in [0.1, 0.15) is 0 Å². The summed E-state index contributed by atoms with van der Waals surface area (Å²) in [5.74, 6) is 0.0751. The van der Waals surface area contributed by atoms with Crippen molar-refractivity contribution in [1.82, 2.24) is 0 Å². The molecule has 2 rings (SSSR count). The van der Waals surface area contributed by atoms with Crippen molar-refractivity contribution in [2.75, 3.05) is 5.32 Å². The van der Waals surface area contributed by atoms with Gasteiger partial charge in [-0.1, -0.05) is 23.2 Å². The number of aryl methyl sites for hydroxylation is 1. The summed E-state index contributed by atoms with van der Waals surface area (Å²) >= 11 is 12.2. The Morgan fingerprint density at radius 3 is 2.76 bits per heavy atom. The molecular weight excluding hydrogens is 255 g/mol. The van der Waals surface area contributed by atoms with Gasteiger partial charge in [0, 0.05) is 11.1 Å². The minimum absolute atomic E-state index is 0.0751. The summed E-state index contributed by atoms with van der Waals surface area (Å²) in [6.45, 7) is 1.92. The number of anilines is 1. The normalized spacial score (nSPS) is 23.4. The first-order valence-electron chi connectivity index (χ1n) is 5.73. The van der Waals surface area contributed by atoms with Crippen molar-refractivity contribution < 1.29 is 0 Å². The maximum atomic E-state index is 9.03. The summed E-state index contributed by atoms with van der Waals surface area (Å²) in [6, 6.07) is 6.22. The molecule has 0 spiro atoms. The maximum absolute atomic E-state index is 9.03. The van der Waals surface area contributed by atoms with Gasteiger partial charge in [0.2, 0.25) is 0 Å². The average molecular weight is 269 g/mol. The van der Waals surface area contributed by atoms with E-state index in [1.807, 2.05) is 19.1 Å². The molecule has 0 bridgehead atoms. The minimum atomic E-state index is 0.0751. The van der Waals surface area contributed by atoms with E-state index in [0.717, 1.165) is 30.5 Å². The fraction of sp³-hybridized carbons (Fsp3) is 0.462. The molecule has 2 unspecified atom stereocenters. The van der Waals surface area contributed by atoms with Crippen LogP contribution in [0, 0.1) is 24.2 Å². The van der Waals surface area contributed by atoms with Gasteiger partial charge >= 0.3 is 0 Å². The standard InChI is InChI=1S/C13H14Cl2N2/c1-8-5-11(15)13(6-10(8)14)17-12-4-2-3-9(12)7-16/h5-6,9,12,17H,2-4H2,1H3. The lowest BCUT2D eigenvalue weighted by Gasteiger charge is -2.18. The summed E-state index contributed by atoms with van der Waals surface area (Å²) in [5, 5.41) is 13.7. The van der Waals surface area contributed by atoms with E-state index in [2.05, 4.69) is 11.4 Å². The Kier molecular flexibility index (Phi) is 3.81. The summed E-state index contributed by atoms with van der Waals surface area (Å²) in [6.07, 6.45) is 3.07. The van der Waals surface area contributed by atoms with Crippen LogP contribution in [-0.4, -0.2) is 6.04 Å². The van der Waals surface area contributed by atoms with Gasteiger partial charge in [-0.2, -0.15) is 5.26 Å². The molecule has 0 amide bonds. The number of halogens is 2. The number of nitriles is 1. The second-order valence-electron chi connectivity index (χ2n) is 4.50. The molecule has 90 valence electrons.